The summed E-state index contributed by atoms with van der Waals surface area (Å²) in [4.78, 5) is 35.1. The van der Waals surface area contributed by atoms with Gasteiger partial charge in [0.2, 0.25) is 0 Å². The van der Waals surface area contributed by atoms with Gasteiger partial charge in [-0.3, -0.25) is 14.2 Å². The van der Waals surface area contributed by atoms with Crippen LogP contribution < -0.4 is 9.64 Å². The van der Waals surface area contributed by atoms with Crippen LogP contribution in [0.2, 0.25) is 0 Å². The lowest BCUT2D eigenvalue weighted by Crippen LogP contribution is -2.54. The first-order valence-corrected chi connectivity index (χ1v) is 12.1. The molecule has 2 aliphatic heterocycles. The van der Waals surface area contributed by atoms with Crippen LogP contribution in [0.5, 0.6) is 5.75 Å². The van der Waals surface area contributed by atoms with Crippen LogP contribution in [0.1, 0.15) is 16.2 Å². The van der Waals surface area contributed by atoms with E-state index < -0.39 is 6.10 Å². The monoisotopic (exact) mass is 482 g/mol. The lowest BCUT2D eigenvalue weighted by atomic mass is 10.1. The molecular weight excluding hydrogens is 456 g/mol. The number of ether oxygens (including phenoxy) is 2. The maximum atomic E-state index is 13.8. The summed E-state index contributed by atoms with van der Waals surface area (Å²) < 4.78 is 13.5. The maximum absolute atomic E-state index is 13.8. The summed E-state index contributed by atoms with van der Waals surface area (Å²) in [6.45, 7) is 4.15. The first-order valence-electron chi connectivity index (χ1n) is 12.1. The van der Waals surface area contributed by atoms with Gasteiger partial charge in [0.25, 0.3) is 11.8 Å². The van der Waals surface area contributed by atoms with Crippen molar-refractivity contribution in [3.63, 3.8) is 0 Å². The molecule has 1 fully saturated rings. The minimum absolute atomic E-state index is 0.127. The Labute approximate surface area is 208 Å². The van der Waals surface area contributed by atoms with E-state index in [4.69, 9.17) is 14.5 Å². The molecule has 1 aromatic heterocycles. The number of imidazole rings is 1. The number of aryl methyl sites for hydroxylation is 1. The molecule has 2 aliphatic rings. The number of para-hydroxylation sites is 3. The molecule has 0 aliphatic carbocycles. The minimum atomic E-state index is -0.773. The van der Waals surface area contributed by atoms with Crippen LogP contribution in [0.3, 0.4) is 0 Å². The first-order chi connectivity index (χ1) is 17.6. The van der Waals surface area contributed by atoms with Gasteiger partial charge in [0, 0.05) is 24.3 Å². The number of benzene rings is 3. The normalized spacial score (nSPS) is 17.5. The van der Waals surface area contributed by atoms with Gasteiger partial charge in [0.05, 0.1) is 36.5 Å². The molecule has 0 bridgehead atoms. The minimum Gasteiger partial charge on any atom is -0.476 e. The van der Waals surface area contributed by atoms with E-state index in [0.717, 1.165) is 22.5 Å². The van der Waals surface area contributed by atoms with E-state index in [1.54, 1.807) is 15.9 Å². The maximum Gasteiger partial charge on any atom is 0.265 e. The molecule has 8 heteroatoms. The second-order valence-corrected chi connectivity index (χ2v) is 8.96. The van der Waals surface area contributed by atoms with Crippen molar-refractivity contribution in [3.8, 4) is 11.4 Å². The third-order valence-corrected chi connectivity index (χ3v) is 6.70. The van der Waals surface area contributed by atoms with Crippen molar-refractivity contribution < 1.29 is 19.1 Å². The predicted octanol–water partition coefficient (Wildman–Crippen LogP) is 3.60. The molecule has 8 nitrogen and oxygen atoms in total. The number of amides is 2. The Morgan fingerprint density at radius 1 is 0.944 bits per heavy atom. The highest BCUT2D eigenvalue weighted by Gasteiger charge is 2.36. The lowest BCUT2D eigenvalue weighted by molar-refractivity contribution is -0.142. The standard InChI is InChI=1S/C28H26N4O4/c1-19-29-22-17-20(11-12-23(22)32(19)21-7-3-2-4-8-21)27(33)31-18-26(28(34)30-13-15-35-16-14-30)36-25-10-6-5-9-24(25)31/h2-12,17,26H,13-16,18H2,1H3. The van der Waals surface area contributed by atoms with Crippen molar-refractivity contribution in [2.24, 2.45) is 0 Å². The number of aromatic nitrogens is 2. The summed E-state index contributed by atoms with van der Waals surface area (Å²) in [5.74, 6) is 1.04. The van der Waals surface area contributed by atoms with Crippen LogP contribution in [-0.4, -0.2) is 65.2 Å². The van der Waals surface area contributed by atoms with Crippen molar-refractivity contribution in [1.82, 2.24) is 14.5 Å². The molecule has 3 heterocycles. The van der Waals surface area contributed by atoms with E-state index in [2.05, 4.69) is 4.57 Å². The van der Waals surface area contributed by atoms with E-state index in [1.165, 1.54) is 0 Å². The fourth-order valence-corrected chi connectivity index (χ4v) is 4.94. The summed E-state index contributed by atoms with van der Waals surface area (Å²) >= 11 is 0. The van der Waals surface area contributed by atoms with E-state index in [-0.39, 0.29) is 18.4 Å². The fourth-order valence-electron chi connectivity index (χ4n) is 4.94. The van der Waals surface area contributed by atoms with Crippen molar-refractivity contribution in [3.05, 3.63) is 84.2 Å². The zero-order valence-electron chi connectivity index (χ0n) is 20.0. The van der Waals surface area contributed by atoms with Gasteiger partial charge < -0.3 is 19.3 Å². The fraction of sp³-hybridized carbons (Fsp3) is 0.250. The number of morpholine rings is 1. The molecule has 0 N–H and O–H groups in total. The molecule has 0 radical (unpaired) electrons. The third kappa shape index (κ3) is 3.89. The van der Waals surface area contributed by atoms with Crippen molar-refractivity contribution >= 4 is 28.5 Å². The molecule has 2 amide bonds. The molecular formula is C28H26N4O4. The smallest absolute Gasteiger partial charge is 0.265 e. The largest absolute Gasteiger partial charge is 0.476 e. The number of carbonyl (C=O) groups excluding carboxylic acids is 2. The number of hydrogen-bond acceptors (Lipinski definition) is 5. The van der Waals surface area contributed by atoms with Crippen LogP contribution in [-0.2, 0) is 9.53 Å². The van der Waals surface area contributed by atoms with Crippen LogP contribution in [0.25, 0.3) is 16.7 Å². The SMILES string of the molecule is Cc1nc2cc(C(=O)N3CC(C(=O)N4CCOCC4)Oc4ccccc43)ccc2n1-c1ccccc1. The Bertz CT molecular complexity index is 1440. The molecule has 1 saturated heterocycles. The van der Waals surface area contributed by atoms with Gasteiger partial charge in [-0.1, -0.05) is 30.3 Å². The molecule has 1 atom stereocenters. The number of hydrogen-bond donors (Lipinski definition) is 0. The Morgan fingerprint density at radius 3 is 2.50 bits per heavy atom. The second kappa shape index (κ2) is 9.13. The molecule has 4 aromatic rings. The molecule has 36 heavy (non-hydrogen) atoms. The van der Waals surface area contributed by atoms with Crippen molar-refractivity contribution in [2.45, 2.75) is 13.0 Å². The zero-order chi connectivity index (χ0) is 24.6. The molecule has 0 saturated carbocycles. The lowest BCUT2D eigenvalue weighted by Gasteiger charge is -2.37. The van der Waals surface area contributed by atoms with Crippen LogP contribution in [0.4, 0.5) is 5.69 Å². The number of anilines is 1. The second-order valence-electron chi connectivity index (χ2n) is 8.96. The molecule has 1 unspecified atom stereocenters. The zero-order valence-corrected chi connectivity index (χ0v) is 20.0. The summed E-state index contributed by atoms with van der Waals surface area (Å²) in [5.41, 5.74) is 3.85. The Hall–Kier alpha value is -4.17. The summed E-state index contributed by atoms with van der Waals surface area (Å²) in [6, 6.07) is 22.9. The van der Waals surface area contributed by atoms with Gasteiger partial charge in [-0.15, -0.1) is 0 Å². The van der Waals surface area contributed by atoms with Gasteiger partial charge in [-0.25, -0.2) is 4.98 Å². The van der Waals surface area contributed by atoms with E-state index >= 15 is 0 Å². The van der Waals surface area contributed by atoms with Gasteiger partial charge in [0.15, 0.2) is 6.10 Å². The number of nitrogens with zero attached hydrogens (tertiary/aromatic N) is 4. The average molecular weight is 483 g/mol. The highest BCUT2D eigenvalue weighted by molar-refractivity contribution is 6.09. The molecule has 3 aromatic carbocycles. The highest BCUT2D eigenvalue weighted by Crippen LogP contribution is 2.35. The van der Waals surface area contributed by atoms with Gasteiger partial charge in [-0.2, -0.15) is 0 Å². The topological polar surface area (TPSA) is 76.9 Å². The quantitative estimate of drug-likeness (QED) is 0.446. The van der Waals surface area contributed by atoms with E-state index in [1.807, 2.05) is 73.7 Å². The third-order valence-electron chi connectivity index (χ3n) is 6.70. The van der Waals surface area contributed by atoms with Crippen molar-refractivity contribution in [2.75, 3.05) is 37.7 Å². The molecule has 6 rings (SSSR count). The highest BCUT2D eigenvalue weighted by atomic mass is 16.5. The van der Waals surface area contributed by atoms with Crippen molar-refractivity contribution in [1.29, 1.82) is 0 Å². The molecule has 0 spiro atoms. The first kappa shape index (κ1) is 22.3. The number of fused-ring (bicyclic) bond motifs is 2. The summed E-state index contributed by atoms with van der Waals surface area (Å²) in [6.07, 6.45) is -0.773. The van der Waals surface area contributed by atoms with Gasteiger partial charge in [0.1, 0.15) is 11.6 Å². The van der Waals surface area contributed by atoms with Crippen LogP contribution >= 0.6 is 0 Å². The van der Waals surface area contributed by atoms with E-state index in [0.29, 0.717) is 43.3 Å². The Morgan fingerprint density at radius 2 is 1.69 bits per heavy atom. The number of rotatable bonds is 3. The number of carbonyl (C=O) groups is 2. The summed E-state index contributed by atoms with van der Waals surface area (Å²) in [7, 11) is 0. The Balaban J connectivity index is 1.33. The predicted molar refractivity (Wildman–Crippen MR) is 136 cm³/mol. The van der Waals surface area contributed by atoms with E-state index in [9.17, 15) is 9.59 Å². The van der Waals surface area contributed by atoms with Crippen LogP contribution in [0.15, 0.2) is 72.8 Å². The molecule has 182 valence electrons. The Kier molecular flexibility index (Phi) is 5.65. The average Bonchev–Trinajstić information content (AvgIpc) is 3.27. The van der Waals surface area contributed by atoms with Crippen LogP contribution in [0, 0.1) is 6.92 Å². The van der Waals surface area contributed by atoms with Gasteiger partial charge in [-0.05, 0) is 49.4 Å². The van der Waals surface area contributed by atoms with Gasteiger partial charge >= 0.3 is 0 Å². The summed E-state index contributed by atoms with van der Waals surface area (Å²) in [5, 5.41) is 0.